The van der Waals surface area contributed by atoms with Crippen LogP contribution in [0.3, 0.4) is 0 Å². The first-order valence-electron chi connectivity index (χ1n) is 8.95. The summed E-state index contributed by atoms with van der Waals surface area (Å²) in [6.45, 7) is 12.1. The number of carbonyl (C=O) groups is 1. The van der Waals surface area contributed by atoms with Gasteiger partial charge in [-0.1, -0.05) is 31.5 Å². The quantitative estimate of drug-likeness (QED) is 0.770. The predicted octanol–water partition coefficient (Wildman–Crippen LogP) is 3.66. The Bertz CT molecular complexity index is 705. The van der Waals surface area contributed by atoms with Gasteiger partial charge in [0.05, 0.1) is 6.54 Å². The van der Waals surface area contributed by atoms with E-state index >= 15 is 0 Å². The van der Waals surface area contributed by atoms with Gasteiger partial charge >= 0.3 is 0 Å². The van der Waals surface area contributed by atoms with E-state index in [1.165, 1.54) is 5.56 Å². The first-order valence-corrected chi connectivity index (χ1v) is 8.95. The van der Waals surface area contributed by atoms with Crippen LogP contribution in [0.25, 0.3) is 0 Å². The number of rotatable bonds is 8. The maximum absolute atomic E-state index is 12.3. The highest BCUT2D eigenvalue weighted by Crippen LogP contribution is 2.16. The zero-order chi connectivity index (χ0) is 18.4. The molecule has 5 heteroatoms. The van der Waals surface area contributed by atoms with Crippen LogP contribution in [0.1, 0.15) is 44.1 Å². The summed E-state index contributed by atoms with van der Waals surface area (Å²) in [5.74, 6) is 1.61. The third kappa shape index (κ3) is 6.02. The number of aromatic nitrogens is 2. The van der Waals surface area contributed by atoms with Crippen molar-refractivity contribution in [2.45, 2.75) is 60.2 Å². The summed E-state index contributed by atoms with van der Waals surface area (Å²) in [5, 5.41) is 6.39. The van der Waals surface area contributed by atoms with Crippen LogP contribution < -0.4 is 10.6 Å². The molecule has 0 unspecified atom stereocenters. The molecule has 0 aliphatic carbocycles. The Morgan fingerprint density at radius 1 is 1.24 bits per heavy atom. The number of hydrogen-bond acceptors (Lipinski definition) is 3. The standard InChI is InChI=1S/C20H30N4O/c1-14(2)13-24-9-8-21-19(24)12-22-17(5)11-20(25)23-18-7-6-15(3)10-16(18)4/h6-10,14,17,22H,11-13H2,1-5H3,(H,23,25)/t17-/m0/s1. The van der Waals surface area contributed by atoms with Gasteiger partial charge in [-0.25, -0.2) is 4.98 Å². The topological polar surface area (TPSA) is 59.0 Å². The molecule has 2 rings (SSSR count). The van der Waals surface area contributed by atoms with Crippen molar-refractivity contribution in [3.05, 3.63) is 47.5 Å². The molecule has 0 radical (unpaired) electrons. The summed E-state index contributed by atoms with van der Waals surface area (Å²) in [6.07, 6.45) is 4.27. The molecule has 0 spiro atoms. The largest absolute Gasteiger partial charge is 0.334 e. The van der Waals surface area contributed by atoms with Gasteiger partial charge in [-0.15, -0.1) is 0 Å². The van der Waals surface area contributed by atoms with E-state index in [4.69, 9.17) is 0 Å². The molecule has 0 aliphatic rings. The van der Waals surface area contributed by atoms with Gasteiger partial charge in [0.2, 0.25) is 5.91 Å². The number of carbonyl (C=O) groups excluding carboxylic acids is 1. The minimum atomic E-state index is 0.0254. The fraction of sp³-hybridized carbons (Fsp3) is 0.500. The average Bonchev–Trinajstić information content (AvgIpc) is 2.94. The van der Waals surface area contributed by atoms with Crippen LogP contribution in [-0.4, -0.2) is 21.5 Å². The summed E-state index contributed by atoms with van der Waals surface area (Å²) in [6, 6.07) is 6.13. The molecule has 0 saturated carbocycles. The van der Waals surface area contributed by atoms with E-state index in [1.807, 2.05) is 45.3 Å². The Morgan fingerprint density at radius 3 is 2.68 bits per heavy atom. The van der Waals surface area contributed by atoms with Gasteiger partial charge < -0.3 is 15.2 Å². The SMILES string of the molecule is Cc1ccc(NC(=O)C[C@H](C)NCc2nccn2CC(C)C)c(C)c1. The second kappa shape index (κ2) is 8.81. The lowest BCUT2D eigenvalue weighted by atomic mass is 10.1. The summed E-state index contributed by atoms with van der Waals surface area (Å²) in [5.41, 5.74) is 3.17. The average molecular weight is 342 g/mol. The van der Waals surface area contributed by atoms with Crippen LogP contribution >= 0.6 is 0 Å². The molecule has 1 atom stereocenters. The number of aryl methyl sites for hydroxylation is 2. The molecule has 0 aliphatic heterocycles. The minimum absolute atomic E-state index is 0.0254. The lowest BCUT2D eigenvalue weighted by Gasteiger charge is -2.16. The van der Waals surface area contributed by atoms with Crippen LogP contribution in [-0.2, 0) is 17.9 Å². The van der Waals surface area contributed by atoms with Gasteiger partial charge in [0.15, 0.2) is 0 Å². The van der Waals surface area contributed by atoms with E-state index < -0.39 is 0 Å². The van der Waals surface area contributed by atoms with Gasteiger partial charge in [0.1, 0.15) is 5.82 Å². The maximum Gasteiger partial charge on any atom is 0.225 e. The van der Waals surface area contributed by atoms with E-state index in [0.29, 0.717) is 18.9 Å². The molecule has 0 saturated heterocycles. The molecule has 0 bridgehead atoms. The van der Waals surface area contributed by atoms with E-state index in [9.17, 15) is 4.79 Å². The molecule has 1 aromatic carbocycles. The number of nitrogens with one attached hydrogen (secondary N) is 2. The smallest absolute Gasteiger partial charge is 0.225 e. The van der Waals surface area contributed by atoms with Gasteiger partial charge in [-0.2, -0.15) is 0 Å². The Balaban J connectivity index is 1.82. The number of amides is 1. The summed E-state index contributed by atoms with van der Waals surface area (Å²) >= 11 is 0. The first kappa shape index (κ1) is 19.2. The lowest BCUT2D eigenvalue weighted by molar-refractivity contribution is -0.116. The maximum atomic E-state index is 12.3. The second-order valence-electron chi connectivity index (χ2n) is 7.24. The molecule has 2 aromatic rings. The number of benzene rings is 1. The zero-order valence-electron chi connectivity index (χ0n) is 16.0. The highest BCUT2D eigenvalue weighted by atomic mass is 16.1. The van der Waals surface area contributed by atoms with Crippen molar-refractivity contribution < 1.29 is 4.79 Å². The van der Waals surface area contributed by atoms with E-state index in [1.54, 1.807) is 0 Å². The number of anilines is 1. The number of hydrogen-bond donors (Lipinski definition) is 2. The van der Waals surface area contributed by atoms with Crippen LogP contribution in [0.5, 0.6) is 0 Å². The predicted molar refractivity (Wildman–Crippen MR) is 103 cm³/mol. The van der Waals surface area contributed by atoms with E-state index in [0.717, 1.165) is 23.6 Å². The van der Waals surface area contributed by atoms with Crippen molar-refractivity contribution in [1.29, 1.82) is 0 Å². The lowest BCUT2D eigenvalue weighted by Crippen LogP contribution is -2.31. The minimum Gasteiger partial charge on any atom is -0.334 e. The molecule has 5 nitrogen and oxygen atoms in total. The van der Waals surface area contributed by atoms with Crippen LogP contribution in [0, 0.1) is 19.8 Å². The van der Waals surface area contributed by atoms with Crippen molar-refractivity contribution in [3.63, 3.8) is 0 Å². The summed E-state index contributed by atoms with van der Waals surface area (Å²) in [7, 11) is 0. The molecule has 2 N–H and O–H groups in total. The molecule has 0 fully saturated rings. The van der Waals surface area contributed by atoms with Crippen LogP contribution in [0.15, 0.2) is 30.6 Å². The van der Waals surface area contributed by atoms with Crippen molar-refractivity contribution in [3.8, 4) is 0 Å². The van der Waals surface area contributed by atoms with Crippen molar-refractivity contribution in [2.75, 3.05) is 5.32 Å². The first-order chi connectivity index (χ1) is 11.8. The zero-order valence-corrected chi connectivity index (χ0v) is 16.0. The van der Waals surface area contributed by atoms with Gasteiger partial charge in [-0.05, 0) is 38.3 Å². The Labute approximate surface area is 150 Å². The van der Waals surface area contributed by atoms with Crippen molar-refractivity contribution >= 4 is 11.6 Å². The van der Waals surface area contributed by atoms with Crippen molar-refractivity contribution in [1.82, 2.24) is 14.9 Å². The van der Waals surface area contributed by atoms with Gasteiger partial charge in [0, 0.05) is 37.1 Å². The van der Waals surface area contributed by atoms with E-state index in [-0.39, 0.29) is 11.9 Å². The monoisotopic (exact) mass is 342 g/mol. The Morgan fingerprint density at radius 2 is 2.00 bits per heavy atom. The normalized spacial score (nSPS) is 12.4. The van der Waals surface area contributed by atoms with E-state index in [2.05, 4.69) is 40.1 Å². The van der Waals surface area contributed by atoms with Crippen LogP contribution in [0.4, 0.5) is 5.69 Å². The number of imidazole rings is 1. The third-order valence-corrected chi connectivity index (χ3v) is 4.12. The molecule has 1 heterocycles. The molecular formula is C20H30N4O. The van der Waals surface area contributed by atoms with Crippen LogP contribution in [0.2, 0.25) is 0 Å². The fourth-order valence-electron chi connectivity index (χ4n) is 2.84. The molecule has 1 aromatic heterocycles. The molecule has 25 heavy (non-hydrogen) atoms. The Kier molecular flexibility index (Phi) is 6.76. The highest BCUT2D eigenvalue weighted by Gasteiger charge is 2.12. The van der Waals surface area contributed by atoms with Gasteiger partial charge in [0.25, 0.3) is 0 Å². The number of nitrogens with zero attached hydrogens (tertiary/aromatic N) is 2. The molecule has 136 valence electrons. The summed E-state index contributed by atoms with van der Waals surface area (Å²) < 4.78 is 2.17. The van der Waals surface area contributed by atoms with Gasteiger partial charge in [-0.3, -0.25) is 4.79 Å². The molecular weight excluding hydrogens is 312 g/mol. The van der Waals surface area contributed by atoms with Crippen molar-refractivity contribution in [2.24, 2.45) is 5.92 Å². The highest BCUT2D eigenvalue weighted by molar-refractivity contribution is 5.91. The second-order valence-corrected chi connectivity index (χ2v) is 7.24. The third-order valence-electron chi connectivity index (χ3n) is 4.12. The fourth-order valence-corrected chi connectivity index (χ4v) is 2.84. The molecule has 1 amide bonds. The summed E-state index contributed by atoms with van der Waals surface area (Å²) in [4.78, 5) is 16.7. The Hall–Kier alpha value is -2.14.